The zero-order chi connectivity index (χ0) is 17.1. The Morgan fingerprint density at radius 3 is 2.45 bits per heavy atom. The predicted octanol–water partition coefficient (Wildman–Crippen LogP) is 4.12. The third-order valence-corrected chi connectivity index (χ3v) is 2.80. The smallest absolute Gasteiger partial charge is 0.412 e. The molecule has 1 aromatic rings. The molecule has 0 aliphatic carbocycles. The number of nitrogens with one attached hydrogen (secondary N) is 1. The molecule has 1 unspecified atom stereocenters. The number of hydrogen-bond acceptors (Lipinski definition) is 3. The van der Waals surface area contributed by atoms with Crippen LogP contribution >= 0.6 is 11.6 Å². The normalized spacial score (nSPS) is 13.6. The molecule has 0 bridgehead atoms. The van der Waals surface area contributed by atoms with Gasteiger partial charge in [-0.2, -0.15) is 13.2 Å². The van der Waals surface area contributed by atoms with E-state index in [0.29, 0.717) is 0 Å². The van der Waals surface area contributed by atoms with Crippen molar-refractivity contribution in [2.24, 2.45) is 5.73 Å². The summed E-state index contributed by atoms with van der Waals surface area (Å²) in [6.45, 7) is 5.03. The summed E-state index contributed by atoms with van der Waals surface area (Å²) in [7, 11) is 0. The maximum Gasteiger partial charge on any atom is 0.412 e. The number of hydrogen-bond donors (Lipinski definition) is 2. The van der Waals surface area contributed by atoms with Gasteiger partial charge in [0.2, 0.25) is 0 Å². The average molecular weight is 339 g/mol. The van der Waals surface area contributed by atoms with Gasteiger partial charge in [-0.1, -0.05) is 11.6 Å². The molecule has 0 aliphatic rings. The second-order valence-corrected chi connectivity index (χ2v) is 6.22. The Labute approximate surface area is 131 Å². The van der Waals surface area contributed by atoms with Crippen LogP contribution in [-0.4, -0.2) is 23.9 Å². The van der Waals surface area contributed by atoms with E-state index in [1.807, 2.05) is 0 Å². The molecule has 0 fully saturated rings. The summed E-state index contributed by atoms with van der Waals surface area (Å²) in [4.78, 5) is 11.7. The minimum atomic E-state index is -4.54. The zero-order valence-corrected chi connectivity index (χ0v) is 13.2. The topological polar surface area (TPSA) is 64.3 Å². The summed E-state index contributed by atoms with van der Waals surface area (Å²) in [5.74, 6) is 0. The molecular weight excluding hydrogens is 321 g/mol. The first-order chi connectivity index (χ1) is 9.88. The van der Waals surface area contributed by atoms with E-state index in [2.05, 4.69) is 5.32 Å². The molecule has 0 aromatic heterocycles. The van der Waals surface area contributed by atoms with Gasteiger partial charge in [-0.15, -0.1) is 0 Å². The lowest BCUT2D eigenvalue weighted by Crippen LogP contribution is -2.39. The van der Waals surface area contributed by atoms with Crippen LogP contribution < -0.4 is 11.1 Å². The third kappa shape index (κ3) is 6.11. The Kier molecular flexibility index (Phi) is 5.70. The number of ether oxygens (including phenoxy) is 1. The molecule has 22 heavy (non-hydrogen) atoms. The Hall–Kier alpha value is -1.47. The number of benzene rings is 1. The molecule has 1 aromatic carbocycles. The minimum Gasteiger partial charge on any atom is -0.444 e. The van der Waals surface area contributed by atoms with E-state index in [9.17, 15) is 18.0 Å². The Balaban J connectivity index is 2.94. The van der Waals surface area contributed by atoms with Crippen LogP contribution in [0.3, 0.4) is 0 Å². The average Bonchev–Trinajstić information content (AvgIpc) is 2.29. The number of rotatable bonds is 3. The van der Waals surface area contributed by atoms with Gasteiger partial charge in [-0.3, -0.25) is 5.32 Å². The molecule has 1 atom stereocenters. The highest BCUT2D eigenvalue weighted by Gasteiger charge is 2.37. The molecule has 0 radical (unpaired) electrons. The summed E-state index contributed by atoms with van der Waals surface area (Å²) >= 11 is 5.79. The van der Waals surface area contributed by atoms with E-state index in [1.54, 1.807) is 20.8 Å². The highest BCUT2D eigenvalue weighted by atomic mass is 35.5. The van der Waals surface area contributed by atoms with Crippen LogP contribution in [0.2, 0.25) is 5.02 Å². The van der Waals surface area contributed by atoms with Crippen molar-refractivity contribution in [1.29, 1.82) is 0 Å². The van der Waals surface area contributed by atoms with Crippen molar-refractivity contribution in [1.82, 2.24) is 0 Å². The van der Waals surface area contributed by atoms with Gasteiger partial charge in [-0.05, 0) is 51.0 Å². The summed E-state index contributed by atoms with van der Waals surface area (Å²) < 4.78 is 42.8. The first kappa shape index (κ1) is 18.6. The summed E-state index contributed by atoms with van der Waals surface area (Å²) in [5.41, 5.74) is 4.76. The van der Waals surface area contributed by atoms with Crippen LogP contribution in [0.4, 0.5) is 23.7 Å². The van der Waals surface area contributed by atoms with Gasteiger partial charge < -0.3 is 10.5 Å². The molecule has 0 aliphatic heterocycles. The number of nitrogens with two attached hydrogens (primary N) is 1. The number of anilines is 1. The van der Waals surface area contributed by atoms with Crippen LogP contribution in [0.15, 0.2) is 18.2 Å². The van der Waals surface area contributed by atoms with E-state index in [-0.39, 0.29) is 16.3 Å². The van der Waals surface area contributed by atoms with Crippen molar-refractivity contribution in [3.05, 3.63) is 28.8 Å². The molecule has 0 saturated carbocycles. The quantitative estimate of drug-likeness (QED) is 0.871. The lowest BCUT2D eigenvalue weighted by atomic mass is 10.0. The molecule has 0 heterocycles. The minimum absolute atomic E-state index is 0.179. The maximum absolute atomic E-state index is 12.6. The second kappa shape index (κ2) is 6.75. The Bertz CT molecular complexity index is 542. The monoisotopic (exact) mass is 338 g/mol. The van der Waals surface area contributed by atoms with Crippen molar-refractivity contribution >= 4 is 23.4 Å². The SMILES string of the molecule is CC(C)(C)OC(=O)Nc1ccc(Cl)cc1CC(N)C(F)(F)F. The molecule has 1 amide bonds. The maximum atomic E-state index is 12.6. The van der Waals surface area contributed by atoms with E-state index in [4.69, 9.17) is 22.1 Å². The van der Waals surface area contributed by atoms with Gasteiger partial charge in [0.15, 0.2) is 0 Å². The van der Waals surface area contributed by atoms with Crippen LogP contribution in [0.5, 0.6) is 0 Å². The summed E-state index contributed by atoms with van der Waals surface area (Å²) in [6, 6.07) is 2.15. The van der Waals surface area contributed by atoms with E-state index >= 15 is 0 Å². The van der Waals surface area contributed by atoms with Crippen LogP contribution in [0.1, 0.15) is 26.3 Å². The van der Waals surface area contributed by atoms with Crippen molar-refractivity contribution in [3.8, 4) is 0 Å². The van der Waals surface area contributed by atoms with Gasteiger partial charge in [0.25, 0.3) is 0 Å². The van der Waals surface area contributed by atoms with Crippen LogP contribution in [0, 0.1) is 0 Å². The molecule has 0 saturated heterocycles. The first-order valence-electron chi connectivity index (χ1n) is 6.49. The fraction of sp³-hybridized carbons (Fsp3) is 0.500. The second-order valence-electron chi connectivity index (χ2n) is 5.78. The van der Waals surface area contributed by atoms with E-state index < -0.39 is 30.3 Å². The number of halogens is 4. The van der Waals surface area contributed by atoms with Crippen LogP contribution in [0.25, 0.3) is 0 Å². The van der Waals surface area contributed by atoms with Gasteiger partial charge >= 0.3 is 12.3 Å². The molecule has 0 spiro atoms. The molecule has 124 valence electrons. The summed E-state index contributed by atoms with van der Waals surface area (Å²) in [5, 5.41) is 2.66. The van der Waals surface area contributed by atoms with Crippen molar-refractivity contribution in [2.45, 2.75) is 45.0 Å². The Morgan fingerprint density at radius 1 is 1.36 bits per heavy atom. The lowest BCUT2D eigenvalue weighted by Gasteiger charge is -2.21. The van der Waals surface area contributed by atoms with Crippen molar-refractivity contribution < 1.29 is 22.7 Å². The molecule has 1 rings (SSSR count). The van der Waals surface area contributed by atoms with Gasteiger partial charge in [0.1, 0.15) is 11.6 Å². The molecule has 4 nitrogen and oxygen atoms in total. The van der Waals surface area contributed by atoms with Gasteiger partial charge in [-0.25, -0.2) is 4.79 Å². The molecule has 3 N–H and O–H groups in total. The Morgan fingerprint density at radius 2 is 1.95 bits per heavy atom. The molecule has 8 heteroatoms. The lowest BCUT2D eigenvalue weighted by molar-refractivity contribution is -0.147. The van der Waals surface area contributed by atoms with E-state index in [0.717, 1.165) is 0 Å². The highest BCUT2D eigenvalue weighted by molar-refractivity contribution is 6.30. The van der Waals surface area contributed by atoms with Crippen LogP contribution in [-0.2, 0) is 11.2 Å². The van der Waals surface area contributed by atoms with Crippen molar-refractivity contribution in [3.63, 3.8) is 0 Å². The fourth-order valence-corrected chi connectivity index (χ4v) is 1.81. The standard InChI is InChI=1S/C14H18ClF3N2O2/c1-13(2,3)22-12(21)20-10-5-4-9(15)6-8(10)7-11(19)14(16,17)18/h4-6,11H,7,19H2,1-3H3,(H,20,21). The predicted molar refractivity (Wildman–Crippen MR) is 79.0 cm³/mol. The largest absolute Gasteiger partial charge is 0.444 e. The number of carbonyl (C=O) groups excluding carboxylic acids is 1. The highest BCUT2D eigenvalue weighted by Crippen LogP contribution is 2.27. The van der Waals surface area contributed by atoms with E-state index in [1.165, 1.54) is 18.2 Å². The molecular formula is C14H18ClF3N2O2. The summed E-state index contributed by atoms with van der Waals surface area (Å²) in [6.07, 6.45) is -5.81. The zero-order valence-electron chi connectivity index (χ0n) is 12.4. The number of amides is 1. The number of alkyl halides is 3. The third-order valence-electron chi connectivity index (χ3n) is 2.56. The van der Waals surface area contributed by atoms with Crippen molar-refractivity contribution in [2.75, 3.05) is 5.32 Å². The first-order valence-corrected chi connectivity index (χ1v) is 6.87. The number of carbonyl (C=O) groups is 1. The van der Waals surface area contributed by atoms with Gasteiger partial charge in [0, 0.05) is 10.7 Å². The van der Waals surface area contributed by atoms with Gasteiger partial charge in [0.05, 0.1) is 0 Å². The fourth-order valence-electron chi connectivity index (χ4n) is 1.62.